The second-order valence-corrected chi connectivity index (χ2v) is 4.93. The van der Waals surface area contributed by atoms with Crippen molar-refractivity contribution in [1.82, 2.24) is 4.72 Å². The van der Waals surface area contributed by atoms with Crippen LogP contribution in [0.15, 0.2) is 29.2 Å². The van der Waals surface area contributed by atoms with Crippen molar-refractivity contribution < 1.29 is 8.42 Å². The van der Waals surface area contributed by atoms with Crippen molar-refractivity contribution in [2.45, 2.75) is 11.8 Å². The lowest BCUT2D eigenvalue weighted by Gasteiger charge is -2.06. The Labute approximate surface area is 88.9 Å². The number of benzene rings is 1. The lowest BCUT2D eigenvalue weighted by molar-refractivity contribution is 0.586. The second kappa shape index (κ2) is 4.41. The van der Waals surface area contributed by atoms with Crippen LogP contribution in [0.3, 0.4) is 0 Å². The van der Waals surface area contributed by atoms with E-state index in [0.717, 1.165) is 5.56 Å². The standard InChI is InChI=1S/C9H13N3O2S/c1-7-3-2-4-8(5-7)15(13,14)12-6-9(10)11/h2-5,12H,6H2,1H3,(H3,10,11). The van der Waals surface area contributed by atoms with Crippen molar-refractivity contribution in [3.05, 3.63) is 29.8 Å². The van der Waals surface area contributed by atoms with Gasteiger partial charge in [0, 0.05) is 0 Å². The minimum Gasteiger partial charge on any atom is -0.387 e. The largest absolute Gasteiger partial charge is 0.387 e. The molecule has 0 aliphatic heterocycles. The summed E-state index contributed by atoms with van der Waals surface area (Å²) in [4.78, 5) is 0.184. The van der Waals surface area contributed by atoms with E-state index in [0.29, 0.717) is 0 Å². The molecule has 0 fully saturated rings. The molecule has 6 heteroatoms. The van der Waals surface area contributed by atoms with Crippen molar-refractivity contribution in [1.29, 1.82) is 5.41 Å². The molecule has 4 N–H and O–H groups in total. The molecule has 0 saturated carbocycles. The fourth-order valence-electron chi connectivity index (χ4n) is 1.04. The first-order chi connectivity index (χ1) is 6.92. The van der Waals surface area contributed by atoms with Crippen LogP contribution in [0.5, 0.6) is 0 Å². The van der Waals surface area contributed by atoms with E-state index in [4.69, 9.17) is 11.1 Å². The van der Waals surface area contributed by atoms with Gasteiger partial charge in [0.25, 0.3) is 0 Å². The van der Waals surface area contributed by atoms with Gasteiger partial charge < -0.3 is 5.73 Å². The maximum absolute atomic E-state index is 11.6. The monoisotopic (exact) mass is 227 g/mol. The minimum atomic E-state index is -3.55. The molecule has 82 valence electrons. The topological polar surface area (TPSA) is 96.0 Å². The maximum Gasteiger partial charge on any atom is 0.240 e. The molecule has 0 unspecified atom stereocenters. The third-order valence-electron chi connectivity index (χ3n) is 1.75. The Hall–Kier alpha value is -1.40. The smallest absolute Gasteiger partial charge is 0.240 e. The Balaban J connectivity index is 2.91. The molecule has 1 rings (SSSR count). The first kappa shape index (κ1) is 11.7. The van der Waals surface area contributed by atoms with Crippen molar-refractivity contribution in [3.8, 4) is 0 Å². The van der Waals surface area contributed by atoms with Gasteiger partial charge in [-0.05, 0) is 24.6 Å². The van der Waals surface area contributed by atoms with Crippen LogP contribution in [0.2, 0.25) is 0 Å². The SMILES string of the molecule is Cc1cccc(S(=O)(=O)NCC(=N)N)c1. The van der Waals surface area contributed by atoms with Crippen molar-refractivity contribution in [3.63, 3.8) is 0 Å². The molecular formula is C9H13N3O2S. The van der Waals surface area contributed by atoms with Crippen LogP contribution >= 0.6 is 0 Å². The predicted octanol–water partition coefficient (Wildman–Crippen LogP) is 0.209. The summed E-state index contributed by atoms with van der Waals surface area (Å²) in [5.41, 5.74) is 5.93. The van der Waals surface area contributed by atoms with Gasteiger partial charge >= 0.3 is 0 Å². The van der Waals surface area contributed by atoms with Crippen LogP contribution in [-0.2, 0) is 10.0 Å². The van der Waals surface area contributed by atoms with Crippen molar-refractivity contribution >= 4 is 15.9 Å². The lowest BCUT2D eigenvalue weighted by Crippen LogP contribution is -2.32. The summed E-state index contributed by atoms with van der Waals surface area (Å²) < 4.78 is 25.5. The molecule has 0 radical (unpaired) electrons. The number of aryl methyl sites for hydroxylation is 1. The normalized spacial score (nSPS) is 11.3. The molecule has 15 heavy (non-hydrogen) atoms. The zero-order valence-corrected chi connectivity index (χ0v) is 9.14. The van der Waals surface area contributed by atoms with Crippen LogP contribution in [0.1, 0.15) is 5.56 Å². The van der Waals surface area contributed by atoms with E-state index in [1.807, 2.05) is 13.0 Å². The van der Waals surface area contributed by atoms with E-state index < -0.39 is 10.0 Å². The minimum absolute atomic E-state index is 0.170. The van der Waals surface area contributed by atoms with E-state index in [2.05, 4.69) is 4.72 Å². The van der Waals surface area contributed by atoms with Crippen LogP contribution in [-0.4, -0.2) is 20.8 Å². The molecule has 0 aliphatic carbocycles. The van der Waals surface area contributed by atoms with E-state index in [9.17, 15) is 8.42 Å². The summed E-state index contributed by atoms with van der Waals surface area (Å²) in [7, 11) is -3.55. The van der Waals surface area contributed by atoms with Crippen LogP contribution in [0.25, 0.3) is 0 Å². The summed E-state index contributed by atoms with van der Waals surface area (Å²) in [5.74, 6) is -0.216. The first-order valence-electron chi connectivity index (χ1n) is 4.31. The lowest BCUT2D eigenvalue weighted by atomic mass is 10.2. The molecule has 0 saturated heterocycles. The first-order valence-corrected chi connectivity index (χ1v) is 5.79. The van der Waals surface area contributed by atoms with Gasteiger partial charge in [-0.15, -0.1) is 0 Å². The van der Waals surface area contributed by atoms with Crippen molar-refractivity contribution in [2.75, 3.05) is 6.54 Å². The summed E-state index contributed by atoms with van der Waals surface area (Å²) in [6.45, 7) is 1.64. The van der Waals surface area contributed by atoms with Crippen LogP contribution < -0.4 is 10.5 Å². The molecule has 1 aromatic rings. The zero-order chi connectivity index (χ0) is 11.5. The van der Waals surface area contributed by atoms with Gasteiger partial charge in [-0.25, -0.2) is 13.1 Å². The Morgan fingerprint density at radius 1 is 1.53 bits per heavy atom. The number of rotatable bonds is 4. The molecule has 0 atom stereocenters. The quantitative estimate of drug-likeness (QED) is 0.506. The highest BCUT2D eigenvalue weighted by molar-refractivity contribution is 7.89. The summed E-state index contributed by atoms with van der Waals surface area (Å²) in [5, 5.41) is 6.93. The summed E-state index contributed by atoms with van der Waals surface area (Å²) >= 11 is 0. The molecule has 1 aromatic carbocycles. The van der Waals surface area contributed by atoms with Crippen LogP contribution in [0, 0.1) is 12.3 Å². The van der Waals surface area contributed by atoms with Gasteiger partial charge in [0.15, 0.2) is 0 Å². The van der Waals surface area contributed by atoms with E-state index >= 15 is 0 Å². The van der Waals surface area contributed by atoms with Gasteiger partial charge in [0.1, 0.15) is 5.84 Å². The number of nitrogens with two attached hydrogens (primary N) is 1. The fourth-order valence-corrected chi connectivity index (χ4v) is 2.15. The van der Waals surface area contributed by atoms with E-state index in [1.54, 1.807) is 12.1 Å². The molecular weight excluding hydrogens is 214 g/mol. The van der Waals surface area contributed by atoms with Gasteiger partial charge in [-0.3, -0.25) is 5.41 Å². The fraction of sp³-hybridized carbons (Fsp3) is 0.222. The third-order valence-corrected chi connectivity index (χ3v) is 3.15. The molecule has 0 amide bonds. The third kappa shape index (κ3) is 3.34. The molecule has 0 aliphatic rings. The molecule has 0 spiro atoms. The predicted molar refractivity (Wildman–Crippen MR) is 58.3 cm³/mol. The zero-order valence-electron chi connectivity index (χ0n) is 8.32. The molecule has 0 bridgehead atoms. The highest BCUT2D eigenvalue weighted by atomic mass is 32.2. The van der Waals surface area contributed by atoms with Gasteiger partial charge in [-0.1, -0.05) is 12.1 Å². The second-order valence-electron chi connectivity index (χ2n) is 3.17. The number of hydrogen-bond acceptors (Lipinski definition) is 3. The Morgan fingerprint density at radius 2 is 2.20 bits per heavy atom. The van der Waals surface area contributed by atoms with Gasteiger partial charge in [0.05, 0.1) is 11.4 Å². The molecule has 5 nitrogen and oxygen atoms in total. The maximum atomic E-state index is 11.6. The number of nitrogens with one attached hydrogen (secondary N) is 2. The number of amidine groups is 1. The highest BCUT2D eigenvalue weighted by Gasteiger charge is 2.13. The van der Waals surface area contributed by atoms with Gasteiger partial charge in [0.2, 0.25) is 10.0 Å². The van der Waals surface area contributed by atoms with Crippen LogP contribution in [0.4, 0.5) is 0 Å². The van der Waals surface area contributed by atoms with E-state index in [-0.39, 0.29) is 17.3 Å². The molecule has 0 aromatic heterocycles. The number of hydrogen-bond donors (Lipinski definition) is 3. The Bertz CT molecular complexity index is 468. The Morgan fingerprint density at radius 3 is 2.73 bits per heavy atom. The Kier molecular flexibility index (Phi) is 3.43. The highest BCUT2D eigenvalue weighted by Crippen LogP contribution is 2.09. The summed E-state index contributed by atoms with van der Waals surface area (Å²) in [6, 6.07) is 6.53. The number of sulfonamides is 1. The average molecular weight is 227 g/mol. The van der Waals surface area contributed by atoms with E-state index in [1.165, 1.54) is 6.07 Å². The molecule has 0 heterocycles. The average Bonchev–Trinajstić information content (AvgIpc) is 2.15. The summed E-state index contributed by atoms with van der Waals surface area (Å²) in [6.07, 6.45) is 0. The van der Waals surface area contributed by atoms with Gasteiger partial charge in [-0.2, -0.15) is 0 Å². The van der Waals surface area contributed by atoms with Crippen molar-refractivity contribution in [2.24, 2.45) is 5.73 Å².